The summed E-state index contributed by atoms with van der Waals surface area (Å²) in [6, 6.07) is 9.52. The molecule has 1 aromatic heterocycles. The Bertz CT molecular complexity index is 645. The summed E-state index contributed by atoms with van der Waals surface area (Å²) in [5, 5.41) is 1.04. The molecule has 1 amide bonds. The molecule has 3 rings (SSSR count). The van der Waals surface area contributed by atoms with Gasteiger partial charge in [-0.3, -0.25) is 4.79 Å². The van der Waals surface area contributed by atoms with E-state index in [4.69, 9.17) is 10.7 Å². The molecule has 4 nitrogen and oxygen atoms in total. The lowest BCUT2D eigenvalue weighted by Crippen LogP contribution is -2.29. The van der Waals surface area contributed by atoms with Crippen LogP contribution in [0.25, 0.3) is 0 Å². The molecular weight excluding hydrogens is 306 g/mol. The third-order valence-corrected chi connectivity index (χ3v) is 5.45. The van der Waals surface area contributed by atoms with Crippen molar-refractivity contribution in [2.45, 2.75) is 44.7 Å². The Labute approximate surface area is 141 Å². The van der Waals surface area contributed by atoms with Gasteiger partial charge in [0.15, 0.2) is 0 Å². The molecule has 0 radical (unpaired) electrons. The average molecular weight is 329 g/mol. The SMILES string of the molecule is CN(Cc1nc2c(s1)CCCC2)C(=O)CC(N)c1ccccc1. The smallest absolute Gasteiger partial charge is 0.224 e. The van der Waals surface area contributed by atoms with Crippen molar-refractivity contribution in [2.24, 2.45) is 5.73 Å². The quantitative estimate of drug-likeness (QED) is 0.917. The lowest BCUT2D eigenvalue weighted by molar-refractivity contribution is -0.130. The van der Waals surface area contributed by atoms with Crippen LogP contribution in [-0.2, 0) is 24.2 Å². The van der Waals surface area contributed by atoms with Gasteiger partial charge in [0.1, 0.15) is 5.01 Å². The zero-order valence-corrected chi connectivity index (χ0v) is 14.3. The van der Waals surface area contributed by atoms with Crippen LogP contribution in [0, 0.1) is 0 Å². The Morgan fingerprint density at radius 1 is 1.30 bits per heavy atom. The molecule has 1 unspecified atom stereocenters. The van der Waals surface area contributed by atoms with Crippen molar-refractivity contribution < 1.29 is 4.79 Å². The number of carbonyl (C=O) groups is 1. The maximum absolute atomic E-state index is 12.4. The second-order valence-electron chi connectivity index (χ2n) is 6.16. The molecule has 0 aliphatic heterocycles. The predicted molar refractivity (Wildman–Crippen MR) is 93.2 cm³/mol. The van der Waals surface area contributed by atoms with E-state index in [1.165, 1.54) is 23.4 Å². The molecule has 2 aromatic rings. The van der Waals surface area contributed by atoms with Gasteiger partial charge in [-0.25, -0.2) is 4.98 Å². The highest BCUT2D eigenvalue weighted by atomic mass is 32.1. The minimum absolute atomic E-state index is 0.0644. The molecule has 0 fully saturated rings. The summed E-state index contributed by atoms with van der Waals surface area (Å²) in [7, 11) is 1.83. The summed E-state index contributed by atoms with van der Waals surface area (Å²) in [5.74, 6) is 0.0644. The summed E-state index contributed by atoms with van der Waals surface area (Å²) in [6.07, 6.45) is 5.05. The standard InChI is InChI=1S/C18H23N3OS/c1-21(12-17-20-15-9-5-6-10-16(15)23-17)18(22)11-14(19)13-7-3-2-4-8-13/h2-4,7-8,14H,5-6,9-12,19H2,1H3. The van der Waals surface area contributed by atoms with Crippen molar-refractivity contribution in [1.82, 2.24) is 9.88 Å². The molecule has 1 aliphatic carbocycles. The molecule has 5 heteroatoms. The minimum atomic E-state index is -0.254. The predicted octanol–water partition coefficient (Wildman–Crippen LogP) is 3.07. The number of fused-ring (bicyclic) bond motifs is 1. The molecule has 1 aliphatic rings. The number of amides is 1. The molecule has 0 saturated carbocycles. The van der Waals surface area contributed by atoms with Gasteiger partial charge in [-0.1, -0.05) is 30.3 Å². The van der Waals surface area contributed by atoms with E-state index in [-0.39, 0.29) is 11.9 Å². The fourth-order valence-corrected chi connectivity index (χ4v) is 4.14. The van der Waals surface area contributed by atoms with Crippen molar-refractivity contribution in [3.05, 3.63) is 51.5 Å². The van der Waals surface area contributed by atoms with Crippen LogP contribution in [0.5, 0.6) is 0 Å². The van der Waals surface area contributed by atoms with Gasteiger partial charge in [-0.05, 0) is 31.2 Å². The first-order valence-corrected chi connectivity index (χ1v) is 8.97. The van der Waals surface area contributed by atoms with E-state index in [9.17, 15) is 4.79 Å². The lowest BCUT2D eigenvalue weighted by atomic mass is 10.0. The first kappa shape index (κ1) is 16.1. The van der Waals surface area contributed by atoms with Crippen molar-refractivity contribution >= 4 is 17.2 Å². The van der Waals surface area contributed by atoms with Crippen molar-refractivity contribution in [3.8, 4) is 0 Å². The van der Waals surface area contributed by atoms with E-state index in [0.29, 0.717) is 13.0 Å². The summed E-state index contributed by atoms with van der Waals surface area (Å²) in [5.41, 5.74) is 8.39. The Morgan fingerprint density at radius 2 is 2.04 bits per heavy atom. The number of hydrogen-bond acceptors (Lipinski definition) is 4. The van der Waals surface area contributed by atoms with Gasteiger partial charge in [-0.15, -0.1) is 11.3 Å². The van der Waals surface area contributed by atoms with Crippen molar-refractivity contribution in [1.29, 1.82) is 0 Å². The molecule has 122 valence electrons. The minimum Gasteiger partial charge on any atom is -0.339 e. The Kier molecular flexibility index (Phi) is 5.08. The van der Waals surface area contributed by atoms with Crippen LogP contribution in [0.15, 0.2) is 30.3 Å². The van der Waals surface area contributed by atoms with Gasteiger partial charge in [0.2, 0.25) is 5.91 Å². The van der Waals surface area contributed by atoms with Crippen molar-refractivity contribution in [3.63, 3.8) is 0 Å². The number of hydrogen-bond donors (Lipinski definition) is 1. The third-order valence-electron chi connectivity index (χ3n) is 4.31. The largest absolute Gasteiger partial charge is 0.339 e. The monoisotopic (exact) mass is 329 g/mol. The number of aromatic nitrogens is 1. The van der Waals surface area contributed by atoms with Gasteiger partial charge in [0.05, 0.1) is 12.2 Å². The number of aryl methyl sites for hydroxylation is 2. The van der Waals surface area contributed by atoms with E-state index in [1.54, 1.807) is 16.2 Å². The highest BCUT2D eigenvalue weighted by Gasteiger charge is 2.19. The first-order chi connectivity index (χ1) is 11.1. The summed E-state index contributed by atoms with van der Waals surface area (Å²) < 4.78 is 0. The van der Waals surface area contributed by atoms with E-state index < -0.39 is 0 Å². The second-order valence-corrected chi connectivity index (χ2v) is 7.32. The number of thiazole rings is 1. The maximum Gasteiger partial charge on any atom is 0.224 e. The lowest BCUT2D eigenvalue weighted by Gasteiger charge is -2.18. The normalized spacial score (nSPS) is 15.0. The van der Waals surface area contributed by atoms with E-state index in [0.717, 1.165) is 23.4 Å². The molecular formula is C18H23N3OS. The van der Waals surface area contributed by atoms with Gasteiger partial charge in [0.25, 0.3) is 0 Å². The summed E-state index contributed by atoms with van der Waals surface area (Å²) in [6.45, 7) is 0.581. The summed E-state index contributed by atoms with van der Waals surface area (Å²) in [4.78, 5) is 20.3. The molecule has 1 aromatic carbocycles. The van der Waals surface area contributed by atoms with Crippen LogP contribution in [0.3, 0.4) is 0 Å². The summed E-state index contributed by atoms with van der Waals surface area (Å²) >= 11 is 1.76. The van der Waals surface area contributed by atoms with Gasteiger partial charge in [-0.2, -0.15) is 0 Å². The Morgan fingerprint density at radius 3 is 2.78 bits per heavy atom. The number of nitrogens with two attached hydrogens (primary N) is 1. The maximum atomic E-state index is 12.4. The fourth-order valence-electron chi connectivity index (χ4n) is 2.93. The molecule has 23 heavy (non-hydrogen) atoms. The van der Waals surface area contributed by atoms with Crippen LogP contribution in [0.1, 0.15) is 46.4 Å². The highest BCUT2D eigenvalue weighted by Crippen LogP contribution is 2.27. The van der Waals surface area contributed by atoms with E-state index in [1.807, 2.05) is 37.4 Å². The third kappa shape index (κ3) is 3.98. The molecule has 2 N–H and O–H groups in total. The Hall–Kier alpha value is -1.72. The Balaban J connectivity index is 1.58. The number of rotatable bonds is 5. The highest BCUT2D eigenvalue weighted by molar-refractivity contribution is 7.11. The van der Waals surface area contributed by atoms with Gasteiger partial charge >= 0.3 is 0 Å². The second kappa shape index (κ2) is 7.23. The van der Waals surface area contributed by atoms with Gasteiger partial charge < -0.3 is 10.6 Å². The molecule has 0 saturated heterocycles. The van der Waals surface area contributed by atoms with E-state index >= 15 is 0 Å². The van der Waals surface area contributed by atoms with Crippen LogP contribution in [-0.4, -0.2) is 22.8 Å². The van der Waals surface area contributed by atoms with Crippen molar-refractivity contribution in [2.75, 3.05) is 7.05 Å². The van der Waals surface area contributed by atoms with Crippen LogP contribution < -0.4 is 5.73 Å². The topological polar surface area (TPSA) is 59.2 Å². The first-order valence-electron chi connectivity index (χ1n) is 8.15. The van der Waals surface area contributed by atoms with Crippen LogP contribution in [0.4, 0.5) is 0 Å². The molecule has 0 bridgehead atoms. The number of carbonyl (C=O) groups excluding carboxylic acids is 1. The van der Waals surface area contributed by atoms with Gasteiger partial charge in [0, 0.05) is 24.4 Å². The van der Waals surface area contributed by atoms with E-state index in [2.05, 4.69) is 0 Å². The zero-order chi connectivity index (χ0) is 16.2. The number of benzene rings is 1. The fraction of sp³-hybridized carbons (Fsp3) is 0.444. The zero-order valence-electron chi connectivity index (χ0n) is 13.5. The van der Waals surface area contributed by atoms with Crippen LogP contribution >= 0.6 is 11.3 Å². The van der Waals surface area contributed by atoms with Crippen LogP contribution in [0.2, 0.25) is 0 Å². The molecule has 1 atom stereocenters. The average Bonchev–Trinajstić information content (AvgIpc) is 2.97. The molecule has 0 spiro atoms. The number of nitrogens with zero attached hydrogens (tertiary/aromatic N) is 2. The molecule has 1 heterocycles.